The Bertz CT molecular complexity index is 744. The first-order valence-corrected chi connectivity index (χ1v) is 7.51. The molecule has 0 atom stereocenters. The van der Waals surface area contributed by atoms with Gasteiger partial charge in [0.15, 0.2) is 11.6 Å². The summed E-state index contributed by atoms with van der Waals surface area (Å²) in [5, 5.41) is 10.3. The number of aromatic hydroxyl groups is 1. The molecule has 0 amide bonds. The number of halogens is 1. The van der Waals surface area contributed by atoms with Crippen molar-refractivity contribution in [3.63, 3.8) is 0 Å². The standard InChI is InChI=1S/C17H15FOS/c1-2-3-11-4-6-12(7-5-11)15-10-13-8-9-14(19)16(18)17(13)20-15/h4-10,19H,2-3H2,1H3. The van der Waals surface area contributed by atoms with Crippen molar-refractivity contribution in [3.05, 3.63) is 53.8 Å². The van der Waals surface area contributed by atoms with Crippen molar-refractivity contribution in [3.8, 4) is 16.2 Å². The highest BCUT2D eigenvalue weighted by Gasteiger charge is 2.11. The van der Waals surface area contributed by atoms with Crippen molar-refractivity contribution in [2.45, 2.75) is 19.8 Å². The Morgan fingerprint density at radius 2 is 1.85 bits per heavy atom. The topological polar surface area (TPSA) is 20.2 Å². The normalized spacial score (nSPS) is 11.1. The molecule has 1 aromatic heterocycles. The van der Waals surface area contributed by atoms with Crippen LogP contribution < -0.4 is 0 Å². The van der Waals surface area contributed by atoms with Crippen LogP contribution >= 0.6 is 11.3 Å². The summed E-state index contributed by atoms with van der Waals surface area (Å²) in [7, 11) is 0. The van der Waals surface area contributed by atoms with E-state index in [1.807, 2.05) is 6.07 Å². The number of thiophene rings is 1. The minimum Gasteiger partial charge on any atom is -0.505 e. The molecule has 1 heterocycles. The van der Waals surface area contributed by atoms with Crippen LogP contribution in [0.1, 0.15) is 18.9 Å². The lowest BCUT2D eigenvalue weighted by atomic mass is 10.1. The van der Waals surface area contributed by atoms with Gasteiger partial charge >= 0.3 is 0 Å². The lowest BCUT2D eigenvalue weighted by Crippen LogP contribution is -1.81. The third-order valence-corrected chi connectivity index (χ3v) is 4.58. The van der Waals surface area contributed by atoms with Crippen LogP contribution in [0.5, 0.6) is 5.75 Å². The molecule has 0 aliphatic carbocycles. The summed E-state index contributed by atoms with van der Waals surface area (Å²) < 4.78 is 14.4. The van der Waals surface area contributed by atoms with Crippen LogP contribution in [0, 0.1) is 5.82 Å². The highest BCUT2D eigenvalue weighted by Crippen LogP contribution is 2.37. The van der Waals surface area contributed by atoms with Gasteiger partial charge in [-0.25, -0.2) is 4.39 Å². The first kappa shape index (κ1) is 13.1. The smallest absolute Gasteiger partial charge is 0.182 e. The predicted molar refractivity (Wildman–Crippen MR) is 82.9 cm³/mol. The van der Waals surface area contributed by atoms with Gasteiger partial charge in [0.1, 0.15) is 0 Å². The summed E-state index contributed by atoms with van der Waals surface area (Å²) in [6.45, 7) is 2.16. The Morgan fingerprint density at radius 1 is 1.10 bits per heavy atom. The zero-order valence-corrected chi connectivity index (χ0v) is 12.0. The minimum absolute atomic E-state index is 0.288. The summed E-state index contributed by atoms with van der Waals surface area (Å²) in [4.78, 5) is 1.02. The van der Waals surface area contributed by atoms with Crippen LogP contribution in [-0.2, 0) is 6.42 Å². The van der Waals surface area contributed by atoms with Gasteiger partial charge in [-0.05, 0) is 41.1 Å². The number of phenols is 1. The van der Waals surface area contributed by atoms with Crippen molar-refractivity contribution in [1.29, 1.82) is 0 Å². The molecule has 1 N–H and O–H groups in total. The highest BCUT2D eigenvalue weighted by molar-refractivity contribution is 7.22. The average Bonchev–Trinajstić information content (AvgIpc) is 2.89. The maximum Gasteiger partial charge on any atom is 0.182 e. The summed E-state index contributed by atoms with van der Waals surface area (Å²) in [6, 6.07) is 13.5. The van der Waals surface area contributed by atoms with Gasteiger partial charge in [0.2, 0.25) is 0 Å². The van der Waals surface area contributed by atoms with Gasteiger partial charge in [-0.3, -0.25) is 0 Å². The molecular formula is C17H15FOS. The van der Waals surface area contributed by atoms with Gasteiger partial charge in [0.25, 0.3) is 0 Å². The monoisotopic (exact) mass is 286 g/mol. The second kappa shape index (κ2) is 5.25. The van der Waals surface area contributed by atoms with E-state index in [4.69, 9.17) is 0 Å². The van der Waals surface area contributed by atoms with Crippen molar-refractivity contribution >= 4 is 21.4 Å². The molecule has 0 aliphatic rings. The van der Waals surface area contributed by atoms with Crippen molar-refractivity contribution in [2.24, 2.45) is 0 Å². The van der Waals surface area contributed by atoms with Crippen LogP contribution in [0.3, 0.4) is 0 Å². The van der Waals surface area contributed by atoms with E-state index in [9.17, 15) is 9.50 Å². The summed E-state index contributed by atoms with van der Waals surface area (Å²) in [6.07, 6.45) is 2.21. The highest BCUT2D eigenvalue weighted by atomic mass is 32.1. The van der Waals surface area contributed by atoms with E-state index in [2.05, 4.69) is 31.2 Å². The first-order valence-electron chi connectivity index (χ1n) is 6.69. The van der Waals surface area contributed by atoms with Gasteiger partial charge in [-0.15, -0.1) is 11.3 Å². The van der Waals surface area contributed by atoms with E-state index in [-0.39, 0.29) is 5.75 Å². The number of hydrogen-bond acceptors (Lipinski definition) is 2. The number of hydrogen-bond donors (Lipinski definition) is 1. The SMILES string of the molecule is CCCc1ccc(-c2cc3ccc(O)c(F)c3s2)cc1. The lowest BCUT2D eigenvalue weighted by Gasteiger charge is -2.00. The van der Waals surface area contributed by atoms with Gasteiger partial charge in [0, 0.05) is 4.88 Å². The second-order valence-electron chi connectivity index (χ2n) is 4.87. The zero-order chi connectivity index (χ0) is 14.1. The molecule has 0 spiro atoms. The molecule has 0 aliphatic heterocycles. The molecule has 0 bridgehead atoms. The van der Waals surface area contributed by atoms with Crippen molar-refractivity contribution in [1.82, 2.24) is 0 Å². The molecule has 102 valence electrons. The van der Waals surface area contributed by atoms with E-state index in [1.54, 1.807) is 6.07 Å². The molecule has 3 heteroatoms. The second-order valence-corrected chi connectivity index (χ2v) is 5.93. The number of rotatable bonds is 3. The van der Waals surface area contributed by atoms with Gasteiger partial charge in [-0.2, -0.15) is 0 Å². The number of phenolic OH excluding ortho intramolecular Hbond substituents is 1. The molecule has 2 aromatic carbocycles. The number of fused-ring (bicyclic) bond motifs is 1. The predicted octanol–water partition coefficient (Wildman–Crippen LogP) is 5.37. The summed E-state index contributed by atoms with van der Waals surface area (Å²) in [5.41, 5.74) is 2.41. The molecule has 0 radical (unpaired) electrons. The van der Waals surface area contributed by atoms with Crippen LogP contribution in [0.4, 0.5) is 4.39 Å². The zero-order valence-electron chi connectivity index (χ0n) is 11.2. The molecule has 0 fully saturated rings. The quantitative estimate of drug-likeness (QED) is 0.686. The molecule has 3 aromatic rings. The Kier molecular flexibility index (Phi) is 3.45. The largest absolute Gasteiger partial charge is 0.505 e. The van der Waals surface area contributed by atoms with E-state index in [1.165, 1.54) is 23.0 Å². The third kappa shape index (κ3) is 2.29. The van der Waals surface area contributed by atoms with E-state index < -0.39 is 5.82 Å². The Labute approximate surface area is 121 Å². The molecule has 0 unspecified atom stereocenters. The van der Waals surface area contributed by atoms with E-state index >= 15 is 0 Å². The summed E-state index contributed by atoms with van der Waals surface area (Å²) >= 11 is 1.38. The molecular weight excluding hydrogens is 271 g/mol. The third-order valence-electron chi connectivity index (χ3n) is 3.38. The summed E-state index contributed by atoms with van der Waals surface area (Å²) in [5.74, 6) is -0.814. The lowest BCUT2D eigenvalue weighted by molar-refractivity contribution is 0.436. The van der Waals surface area contributed by atoms with Crippen LogP contribution in [0.2, 0.25) is 0 Å². The maximum atomic E-state index is 13.9. The van der Waals surface area contributed by atoms with Gasteiger partial charge in [-0.1, -0.05) is 37.6 Å². The van der Waals surface area contributed by atoms with E-state index in [0.29, 0.717) is 4.70 Å². The fraction of sp³-hybridized carbons (Fsp3) is 0.176. The van der Waals surface area contributed by atoms with Crippen LogP contribution in [0.25, 0.3) is 20.5 Å². The number of benzene rings is 2. The molecule has 0 saturated heterocycles. The molecule has 0 saturated carbocycles. The average molecular weight is 286 g/mol. The number of aryl methyl sites for hydroxylation is 1. The van der Waals surface area contributed by atoms with Crippen LogP contribution in [0.15, 0.2) is 42.5 Å². The van der Waals surface area contributed by atoms with Gasteiger partial charge < -0.3 is 5.11 Å². The van der Waals surface area contributed by atoms with Crippen molar-refractivity contribution in [2.75, 3.05) is 0 Å². The minimum atomic E-state index is -0.527. The van der Waals surface area contributed by atoms with Crippen molar-refractivity contribution < 1.29 is 9.50 Å². The van der Waals surface area contributed by atoms with Crippen LogP contribution in [-0.4, -0.2) is 5.11 Å². The molecule has 20 heavy (non-hydrogen) atoms. The fourth-order valence-electron chi connectivity index (χ4n) is 2.33. The Hall–Kier alpha value is -1.87. The Morgan fingerprint density at radius 3 is 2.55 bits per heavy atom. The fourth-order valence-corrected chi connectivity index (χ4v) is 3.42. The molecule has 1 nitrogen and oxygen atoms in total. The Balaban J connectivity index is 2.03. The van der Waals surface area contributed by atoms with E-state index in [0.717, 1.165) is 28.7 Å². The molecule has 3 rings (SSSR count). The van der Waals surface area contributed by atoms with Gasteiger partial charge in [0.05, 0.1) is 4.70 Å². The maximum absolute atomic E-state index is 13.9. The first-order chi connectivity index (χ1) is 9.69.